The second-order valence-corrected chi connectivity index (χ2v) is 12.4. The van der Waals surface area contributed by atoms with Crippen LogP contribution in [0.2, 0.25) is 0 Å². The first-order valence-corrected chi connectivity index (χ1v) is 15.8. The van der Waals surface area contributed by atoms with Gasteiger partial charge in [0, 0.05) is 50.9 Å². The second-order valence-electron chi connectivity index (χ2n) is 12.4. The van der Waals surface area contributed by atoms with Gasteiger partial charge in [0.2, 0.25) is 5.91 Å². The molecule has 0 unspecified atom stereocenters. The molecule has 2 saturated carbocycles. The maximum atomic E-state index is 13.7. The number of carbonyl (C=O) groups is 4. The van der Waals surface area contributed by atoms with Gasteiger partial charge in [0.25, 0.3) is 5.91 Å². The summed E-state index contributed by atoms with van der Waals surface area (Å²) < 4.78 is 5.32. The monoisotopic (exact) mass is 604 g/mol. The number of carboxylic acids is 1. The fourth-order valence-electron chi connectivity index (χ4n) is 6.37. The van der Waals surface area contributed by atoms with Gasteiger partial charge in [0.15, 0.2) is 5.82 Å². The Balaban J connectivity index is 1.15. The van der Waals surface area contributed by atoms with Gasteiger partial charge in [0.05, 0.1) is 12.5 Å². The maximum Gasteiger partial charge on any atom is 0.409 e. The predicted octanol–water partition coefficient (Wildman–Crippen LogP) is 2.89. The summed E-state index contributed by atoms with van der Waals surface area (Å²) in [7, 11) is 0. The fraction of sp³-hybridized carbons (Fsp3) is 0.562. The molecule has 0 bridgehead atoms. The number of amides is 3. The van der Waals surface area contributed by atoms with Gasteiger partial charge in [-0.15, -0.1) is 0 Å². The minimum absolute atomic E-state index is 0.0825. The Hall–Kier alpha value is -4.22. The molecule has 2 N–H and O–H groups in total. The van der Waals surface area contributed by atoms with Gasteiger partial charge < -0.3 is 29.9 Å². The largest absolute Gasteiger partial charge is 0.481 e. The van der Waals surface area contributed by atoms with Gasteiger partial charge in [-0.25, -0.2) is 14.8 Å². The zero-order valence-electron chi connectivity index (χ0n) is 25.1. The summed E-state index contributed by atoms with van der Waals surface area (Å²) in [6.45, 7) is 5.08. The summed E-state index contributed by atoms with van der Waals surface area (Å²) in [5.41, 5.74) is 0.922. The van der Waals surface area contributed by atoms with E-state index in [9.17, 15) is 24.3 Å². The van der Waals surface area contributed by atoms with Gasteiger partial charge in [-0.1, -0.05) is 56.5 Å². The third-order valence-corrected chi connectivity index (χ3v) is 9.22. The molecule has 1 aromatic heterocycles. The molecule has 12 heteroatoms. The molecule has 4 atom stereocenters. The van der Waals surface area contributed by atoms with Crippen molar-refractivity contribution in [2.45, 2.75) is 45.1 Å². The first-order valence-electron chi connectivity index (χ1n) is 15.8. The quantitative estimate of drug-likeness (QED) is 0.370. The van der Waals surface area contributed by atoms with E-state index in [0.717, 1.165) is 31.2 Å². The third-order valence-electron chi connectivity index (χ3n) is 9.22. The number of piperazine rings is 1. The molecule has 2 saturated heterocycles. The van der Waals surface area contributed by atoms with Gasteiger partial charge in [-0.05, 0) is 30.6 Å². The van der Waals surface area contributed by atoms with E-state index < -0.39 is 17.9 Å². The summed E-state index contributed by atoms with van der Waals surface area (Å²) in [4.78, 5) is 66.0. The van der Waals surface area contributed by atoms with Crippen LogP contribution < -0.4 is 10.2 Å². The standard InChI is InChI=1S/C32H40N6O6/c1-2-3-15-44-32(43)37-13-11-36(12-14-37)30(40)25(16-20-9-10-20)34-29(39)24-17-26(35-28(33-24)21-7-5-4-6-8-21)38-18-22-23(19-38)27(22)31(41)42/h4-8,17,20,22-23,25,27H,2-3,9-16,18-19H2,1H3,(H,34,39)(H,41,42)/t22-,23+,25-,27-/m0/s1. The van der Waals surface area contributed by atoms with Crippen molar-refractivity contribution in [1.82, 2.24) is 25.1 Å². The number of aliphatic carboxylic acids is 1. The van der Waals surface area contributed by atoms with E-state index in [1.807, 2.05) is 42.2 Å². The van der Waals surface area contributed by atoms with Crippen LogP contribution in [-0.4, -0.2) is 101 Å². The minimum atomic E-state index is -0.757. The molecule has 2 aliphatic carbocycles. The second kappa shape index (κ2) is 12.8. The Morgan fingerprint density at radius 2 is 1.68 bits per heavy atom. The molecule has 0 radical (unpaired) electrons. The molecule has 3 heterocycles. The van der Waals surface area contributed by atoms with Crippen molar-refractivity contribution in [3.05, 3.63) is 42.1 Å². The summed E-state index contributed by atoms with van der Waals surface area (Å²) in [5, 5.41) is 12.4. The normalized spacial score (nSPS) is 23.1. The zero-order valence-corrected chi connectivity index (χ0v) is 25.1. The Labute approximate surface area is 256 Å². The van der Waals surface area contributed by atoms with Gasteiger partial charge in [-0.3, -0.25) is 14.4 Å². The number of piperidine rings is 1. The maximum absolute atomic E-state index is 13.7. The van der Waals surface area contributed by atoms with Crippen molar-refractivity contribution >= 4 is 29.7 Å². The van der Waals surface area contributed by atoms with Crippen LogP contribution in [0.15, 0.2) is 36.4 Å². The van der Waals surface area contributed by atoms with Crippen LogP contribution in [0.4, 0.5) is 10.6 Å². The molecule has 0 spiro atoms. The number of benzene rings is 1. The molecule has 2 aliphatic heterocycles. The first-order chi connectivity index (χ1) is 21.3. The number of hydrogen-bond acceptors (Lipinski definition) is 8. The zero-order chi connectivity index (χ0) is 30.8. The SMILES string of the molecule is CCCCOC(=O)N1CCN(C(=O)[C@H](CC2CC2)NC(=O)c2cc(N3C[C@@H]4[C@H](C3)[C@@H]4C(=O)O)nc(-c3ccccc3)n2)CC1. The lowest BCUT2D eigenvalue weighted by Gasteiger charge is -2.36. The van der Waals surface area contributed by atoms with E-state index in [2.05, 4.69) is 10.3 Å². The average Bonchev–Trinajstić information content (AvgIpc) is 3.96. The van der Waals surface area contributed by atoms with Crippen LogP contribution in [-0.2, 0) is 14.3 Å². The molecule has 1 aromatic carbocycles. The number of unbranched alkanes of at least 4 members (excludes halogenated alkanes) is 1. The molecule has 6 rings (SSSR count). The van der Waals surface area contributed by atoms with Crippen LogP contribution in [0, 0.1) is 23.7 Å². The van der Waals surface area contributed by atoms with Crippen LogP contribution in [0.1, 0.15) is 49.5 Å². The van der Waals surface area contributed by atoms with E-state index in [4.69, 9.17) is 9.72 Å². The Morgan fingerprint density at radius 1 is 1.00 bits per heavy atom. The van der Waals surface area contributed by atoms with Crippen molar-refractivity contribution in [2.24, 2.45) is 23.7 Å². The number of carbonyl (C=O) groups excluding carboxylic acids is 3. The molecular weight excluding hydrogens is 564 g/mol. The molecule has 3 amide bonds. The van der Waals surface area contributed by atoms with E-state index in [1.165, 1.54) is 0 Å². The summed E-state index contributed by atoms with van der Waals surface area (Å²) in [6.07, 6.45) is 4.02. The highest BCUT2D eigenvalue weighted by Crippen LogP contribution is 2.52. The number of carboxylic acid groups (broad SMARTS) is 1. The number of hydrogen-bond donors (Lipinski definition) is 2. The van der Waals surface area contributed by atoms with Crippen LogP contribution in [0.3, 0.4) is 0 Å². The van der Waals surface area contributed by atoms with Crippen molar-refractivity contribution in [1.29, 1.82) is 0 Å². The number of nitrogens with one attached hydrogen (secondary N) is 1. The smallest absolute Gasteiger partial charge is 0.409 e. The molecule has 12 nitrogen and oxygen atoms in total. The summed E-state index contributed by atoms with van der Waals surface area (Å²) in [5.74, 6) is -0.143. The fourth-order valence-corrected chi connectivity index (χ4v) is 6.37. The van der Waals surface area contributed by atoms with Crippen molar-refractivity contribution < 1.29 is 29.0 Å². The van der Waals surface area contributed by atoms with E-state index in [1.54, 1.807) is 15.9 Å². The van der Waals surface area contributed by atoms with Crippen LogP contribution in [0.5, 0.6) is 0 Å². The number of anilines is 1. The van der Waals surface area contributed by atoms with E-state index >= 15 is 0 Å². The van der Waals surface area contributed by atoms with Crippen molar-refractivity contribution in [2.75, 3.05) is 50.8 Å². The number of nitrogens with zero attached hydrogens (tertiary/aromatic N) is 5. The molecule has 4 aliphatic rings. The van der Waals surface area contributed by atoms with Crippen LogP contribution in [0.25, 0.3) is 11.4 Å². The third kappa shape index (κ3) is 6.63. The first kappa shape index (κ1) is 29.8. The lowest BCUT2D eigenvalue weighted by molar-refractivity contribution is -0.139. The average molecular weight is 605 g/mol. The van der Waals surface area contributed by atoms with Gasteiger partial charge in [-0.2, -0.15) is 0 Å². The molecule has 234 valence electrons. The summed E-state index contributed by atoms with van der Waals surface area (Å²) in [6, 6.07) is 10.3. The van der Waals surface area contributed by atoms with E-state index in [-0.39, 0.29) is 35.4 Å². The number of aromatic nitrogens is 2. The predicted molar refractivity (Wildman–Crippen MR) is 161 cm³/mol. The topological polar surface area (TPSA) is 145 Å². The number of rotatable bonds is 11. The highest BCUT2D eigenvalue weighted by Gasteiger charge is 2.60. The Bertz CT molecular complexity index is 1380. The molecule has 2 aromatic rings. The Kier molecular flexibility index (Phi) is 8.67. The number of fused-ring (bicyclic) bond motifs is 1. The molecular formula is C32H40N6O6. The van der Waals surface area contributed by atoms with E-state index in [0.29, 0.717) is 69.9 Å². The molecule has 4 fully saturated rings. The molecule has 44 heavy (non-hydrogen) atoms. The van der Waals surface area contributed by atoms with Gasteiger partial charge in [0.1, 0.15) is 17.6 Å². The summed E-state index contributed by atoms with van der Waals surface area (Å²) >= 11 is 0. The van der Waals surface area contributed by atoms with Crippen molar-refractivity contribution in [3.8, 4) is 11.4 Å². The highest BCUT2D eigenvalue weighted by molar-refractivity contribution is 5.97. The Morgan fingerprint density at radius 3 is 2.32 bits per heavy atom. The van der Waals surface area contributed by atoms with Crippen LogP contribution >= 0.6 is 0 Å². The minimum Gasteiger partial charge on any atom is -0.481 e. The number of ether oxygens (including phenoxy) is 1. The lowest BCUT2D eigenvalue weighted by Crippen LogP contribution is -2.56. The lowest BCUT2D eigenvalue weighted by atomic mass is 10.1. The van der Waals surface area contributed by atoms with Crippen molar-refractivity contribution in [3.63, 3.8) is 0 Å². The highest BCUT2D eigenvalue weighted by atomic mass is 16.6. The van der Waals surface area contributed by atoms with Gasteiger partial charge >= 0.3 is 12.1 Å².